The molecule has 0 bridgehead atoms. The van der Waals surface area contributed by atoms with Crippen LogP contribution in [0.4, 0.5) is 17.6 Å². The van der Waals surface area contributed by atoms with E-state index in [-0.39, 0.29) is 23.5 Å². The molecule has 180 valence electrons. The number of hydrogen-bond donors (Lipinski definition) is 0. The SMILES string of the molecule is CCCOc1ccc(-c2ccc(-c3ccc(CCc4ccc(C)cc4)c(F)c3F)cc2)c(F)c1F. The lowest BCUT2D eigenvalue weighted by Gasteiger charge is -2.12. The average Bonchev–Trinajstić information content (AvgIpc) is 2.87. The molecule has 0 N–H and O–H groups in total. The largest absolute Gasteiger partial charge is 0.490 e. The molecule has 0 saturated heterocycles. The Kier molecular flexibility index (Phi) is 7.54. The van der Waals surface area contributed by atoms with E-state index in [2.05, 4.69) is 0 Å². The molecule has 0 aliphatic heterocycles. The van der Waals surface area contributed by atoms with Crippen LogP contribution in [0.25, 0.3) is 22.3 Å². The molecule has 0 atom stereocenters. The van der Waals surface area contributed by atoms with Crippen LogP contribution in [0, 0.1) is 30.2 Å². The maximum absolute atomic E-state index is 14.9. The zero-order valence-electron chi connectivity index (χ0n) is 19.7. The molecule has 4 aromatic rings. The Morgan fingerprint density at radius 2 is 1.17 bits per heavy atom. The summed E-state index contributed by atoms with van der Waals surface area (Å²) >= 11 is 0. The lowest BCUT2D eigenvalue weighted by Crippen LogP contribution is -2.00. The Morgan fingerprint density at radius 1 is 0.600 bits per heavy atom. The number of rotatable bonds is 8. The van der Waals surface area contributed by atoms with Gasteiger partial charge < -0.3 is 4.74 Å². The third kappa shape index (κ3) is 5.40. The fourth-order valence-electron chi connectivity index (χ4n) is 3.95. The predicted octanol–water partition coefficient (Wildman–Crippen LogP) is 8.46. The maximum Gasteiger partial charge on any atom is 0.201 e. The molecule has 0 radical (unpaired) electrons. The van der Waals surface area contributed by atoms with Crippen molar-refractivity contribution < 1.29 is 22.3 Å². The first-order chi connectivity index (χ1) is 16.9. The first-order valence-electron chi connectivity index (χ1n) is 11.6. The molecule has 0 aliphatic rings. The van der Waals surface area contributed by atoms with E-state index >= 15 is 0 Å². The van der Waals surface area contributed by atoms with E-state index in [1.54, 1.807) is 36.4 Å². The van der Waals surface area contributed by atoms with Crippen molar-refractivity contribution in [2.45, 2.75) is 33.1 Å². The summed E-state index contributed by atoms with van der Waals surface area (Å²) in [5, 5.41) is 0. The fraction of sp³-hybridized carbons (Fsp3) is 0.200. The van der Waals surface area contributed by atoms with Gasteiger partial charge in [0.15, 0.2) is 23.2 Å². The molecule has 5 heteroatoms. The Hall–Kier alpha value is -3.60. The van der Waals surface area contributed by atoms with Crippen molar-refractivity contribution in [1.82, 2.24) is 0 Å². The van der Waals surface area contributed by atoms with Gasteiger partial charge in [0.25, 0.3) is 0 Å². The van der Waals surface area contributed by atoms with Crippen molar-refractivity contribution in [3.05, 3.63) is 113 Å². The van der Waals surface area contributed by atoms with E-state index in [9.17, 15) is 17.6 Å². The molecule has 0 aromatic heterocycles. The van der Waals surface area contributed by atoms with E-state index in [0.29, 0.717) is 36.0 Å². The minimum atomic E-state index is -1.05. The second kappa shape index (κ2) is 10.8. The predicted molar refractivity (Wildman–Crippen MR) is 132 cm³/mol. The molecule has 0 saturated carbocycles. The maximum atomic E-state index is 14.9. The van der Waals surface area contributed by atoms with Gasteiger partial charge in [-0.3, -0.25) is 0 Å². The number of hydrogen-bond acceptors (Lipinski definition) is 1. The van der Waals surface area contributed by atoms with Crippen LogP contribution in [0.2, 0.25) is 0 Å². The Morgan fingerprint density at radius 3 is 1.77 bits per heavy atom. The fourth-order valence-corrected chi connectivity index (χ4v) is 3.95. The van der Waals surface area contributed by atoms with Gasteiger partial charge in [-0.15, -0.1) is 0 Å². The Labute approximate surface area is 203 Å². The van der Waals surface area contributed by atoms with Gasteiger partial charge >= 0.3 is 0 Å². The van der Waals surface area contributed by atoms with Crippen molar-refractivity contribution >= 4 is 0 Å². The molecular formula is C30H26F4O. The Bertz CT molecular complexity index is 1310. The number of benzene rings is 4. The molecule has 35 heavy (non-hydrogen) atoms. The Balaban J connectivity index is 1.54. The lowest BCUT2D eigenvalue weighted by atomic mass is 9.97. The van der Waals surface area contributed by atoms with Gasteiger partial charge in [0.05, 0.1) is 6.61 Å². The van der Waals surface area contributed by atoms with Crippen molar-refractivity contribution in [2.75, 3.05) is 6.61 Å². The quantitative estimate of drug-likeness (QED) is 0.231. The number of aryl methyl sites for hydroxylation is 3. The topological polar surface area (TPSA) is 9.23 Å². The molecular weight excluding hydrogens is 452 g/mol. The standard InChI is InChI=1S/C30H26F4O/c1-3-18-35-26-17-16-25(29(33)30(26)34)22-12-10-21(11-13-22)24-15-14-23(27(31)28(24)32)9-8-20-6-4-19(2)5-7-20/h4-7,10-17H,3,8-9,18H2,1-2H3. The summed E-state index contributed by atoms with van der Waals surface area (Å²) in [5.41, 5.74) is 3.56. The van der Waals surface area contributed by atoms with E-state index in [1.807, 2.05) is 38.1 Å². The summed E-state index contributed by atoms with van der Waals surface area (Å²) in [6.45, 7) is 4.16. The molecule has 0 unspecified atom stereocenters. The first kappa shape index (κ1) is 24.5. The van der Waals surface area contributed by atoms with Gasteiger partial charge in [0.1, 0.15) is 0 Å². The van der Waals surface area contributed by atoms with Gasteiger partial charge in [0, 0.05) is 11.1 Å². The highest BCUT2D eigenvalue weighted by Crippen LogP contribution is 2.33. The van der Waals surface area contributed by atoms with E-state index < -0.39 is 23.3 Å². The number of ether oxygens (including phenoxy) is 1. The third-order valence-corrected chi connectivity index (χ3v) is 5.98. The molecule has 0 amide bonds. The van der Waals surface area contributed by atoms with Crippen molar-refractivity contribution in [3.8, 4) is 28.0 Å². The first-order valence-corrected chi connectivity index (χ1v) is 11.6. The molecule has 1 nitrogen and oxygen atoms in total. The molecule has 4 aromatic carbocycles. The summed E-state index contributed by atoms with van der Waals surface area (Å²) in [6.07, 6.45) is 1.66. The van der Waals surface area contributed by atoms with Crippen LogP contribution in [0.1, 0.15) is 30.0 Å². The summed E-state index contributed by atoms with van der Waals surface area (Å²) in [4.78, 5) is 0. The minimum absolute atomic E-state index is 0.0657. The van der Waals surface area contributed by atoms with E-state index in [4.69, 9.17) is 4.74 Å². The second-order valence-corrected chi connectivity index (χ2v) is 8.55. The van der Waals surface area contributed by atoms with Crippen LogP contribution in [0.15, 0.2) is 72.8 Å². The molecule has 0 heterocycles. The third-order valence-electron chi connectivity index (χ3n) is 5.98. The highest BCUT2D eigenvalue weighted by Gasteiger charge is 2.18. The molecule has 0 fully saturated rings. The van der Waals surface area contributed by atoms with Gasteiger partial charge in [-0.25, -0.2) is 13.2 Å². The monoisotopic (exact) mass is 478 g/mol. The zero-order chi connectivity index (χ0) is 24.9. The summed E-state index contributed by atoms with van der Waals surface area (Å²) in [6, 6.07) is 20.2. The molecule has 0 spiro atoms. The van der Waals surface area contributed by atoms with Crippen LogP contribution < -0.4 is 4.74 Å². The van der Waals surface area contributed by atoms with Gasteiger partial charge in [-0.1, -0.05) is 73.2 Å². The summed E-state index contributed by atoms with van der Waals surface area (Å²) in [7, 11) is 0. The van der Waals surface area contributed by atoms with Crippen molar-refractivity contribution in [2.24, 2.45) is 0 Å². The summed E-state index contributed by atoms with van der Waals surface area (Å²) < 4.78 is 63.9. The van der Waals surface area contributed by atoms with E-state index in [1.165, 1.54) is 12.1 Å². The average molecular weight is 479 g/mol. The van der Waals surface area contributed by atoms with Crippen LogP contribution in [-0.4, -0.2) is 6.61 Å². The summed E-state index contributed by atoms with van der Waals surface area (Å²) in [5.74, 6) is -3.98. The van der Waals surface area contributed by atoms with Crippen LogP contribution >= 0.6 is 0 Å². The molecule has 0 aliphatic carbocycles. The normalized spacial score (nSPS) is 11.0. The minimum Gasteiger partial charge on any atom is -0.490 e. The van der Waals surface area contributed by atoms with Crippen LogP contribution in [-0.2, 0) is 12.8 Å². The van der Waals surface area contributed by atoms with E-state index in [0.717, 1.165) is 11.1 Å². The highest BCUT2D eigenvalue weighted by molar-refractivity contribution is 5.71. The second-order valence-electron chi connectivity index (χ2n) is 8.55. The van der Waals surface area contributed by atoms with Crippen molar-refractivity contribution in [3.63, 3.8) is 0 Å². The van der Waals surface area contributed by atoms with Crippen molar-refractivity contribution in [1.29, 1.82) is 0 Å². The zero-order valence-corrected chi connectivity index (χ0v) is 19.7. The number of halogens is 4. The van der Waals surface area contributed by atoms with Crippen LogP contribution in [0.5, 0.6) is 5.75 Å². The lowest BCUT2D eigenvalue weighted by molar-refractivity contribution is 0.295. The van der Waals surface area contributed by atoms with Gasteiger partial charge in [-0.2, -0.15) is 4.39 Å². The smallest absolute Gasteiger partial charge is 0.201 e. The van der Waals surface area contributed by atoms with Gasteiger partial charge in [-0.05, 0) is 60.6 Å². The van der Waals surface area contributed by atoms with Crippen LogP contribution in [0.3, 0.4) is 0 Å². The highest BCUT2D eigenvalue weighted by atomic mass is 19.2. The van der Waals surface area contributed by atoms with Gasteiger partial charge in [0.2, 0.25) is 5.82 Å². The molecule has 4 rings (SSSR count).